The Kier molecular flexibility index (Phi) is 4.69. The lowest BCUT2D eigenvalue weighted by Gasteiger charge is -2.15. The number of carbonyl (C=O) groups excluding carboxylic acids is 1. The van der Waals surface area contributed by atoms with Gasteiger partial charge in [0, 0.05) is 18.2 Å². The quantitative estimate of drug-likeness (QED) is 0.853. The van der Waals surface area contributed by atoms with Gasteiger partial charge in [-0.2, -0.15) is 0 Å². The summed E-state index contributed by atoms with van der Waals surface area (Å²) in [6.07, 6.45) is 2.41. The van der Waals surface area contributed by atoms with Crippen molar-refractivity contribution in [3.63, 3.8) is 0 Å². The molecule has 1 N–H and O–H groups in total. The minimum Gasteiger partial charge on any atom is -0.469 e. The Morgan fingerprint density at radius 3 is 2.90 bits per heavy atom. The molecule has 0 saturated heterocycles. The number of hydrogen-bond donors (Lipinski definition) is 1. The van der Waals surface area contributed by atoms with Gasteiger partial charge in [-0.05, 0) is 37.3 Å². The maximum absolute atomic E-state index is 11.6. The number of halogens is 1. The predicted octanol–water partition coefficient (Wildman–Crippen LogP) is 3.76. The predicted molar refractivity (Wildman–Crippen MR) is 78.3 cm³/mol. The third kappa shape index (κ3) is 3.54. The minimum absolute atomic E-state index is 0.160. The van der Waals surface area contributed by atoms with Crippen LogP contribution in [0, 0.1) is 0 Å². The van der Waals surface area contributed by atoms with Crippen molar-refractivity contribution in [1.29, 1.82) is 0 Å². The molecule has 1 aromatic carbocycles. The van der Waals surface area contributed by atoms with Gasteiger partial charge >= 0.3 is 5.97 Å². The van der Waals surface area contributed by atoms with E-state index in [0.29, 0.717) is 10.6 Å². The number of carbonyl (C=O) groups is 1. The molecule has 0 aliphatic rings. The molecule has 0 fully saturated rings. The van der Waals surface area contributed by atoms with Crippen molar-refractivity contribution in [3.05, 3.63) is 52.9 Å². The molecular weight excluding hydrogens is 278 g/mol. The fourth-order valence-electron chi connectivity index (χ4n) is 1.95. The van der Waals surface area contributed by atoms with Crippen molar-refractivity contribution in [2.75, 3.05) is 12.4 Å². The fourth-order valence-corrected chi connectivity index (χ4v) is 2.14. The van der Waals surface area contributed by atoms with Crippen molar-refractivity contribution < 1.29 is 13.9 Å². The van der Waals surface area contributed by atoms with E-state index in [1.165, 1.54) is 7.11 Å². The third-order valence-corrected chi connectivity index (χ3v) is 3.20. The first kappa shape index (κ1) is 14.5. The van der Waals surface area contributed by atoms with E-state index in [2.05, 4.69) is 5.32 Å². The molecule has 2 aromatic rings. The summed E-state index contributed by atoms with van der Waals surface area (Å²) in [6.45, 7) is 2.04. The number of esters is 1. The molecule has 0 radical (unpaired) electrons. The largest absolute Gasteiger partial charge is 0.469 e. The topological polar surface area (TPSA) is 51.5 Å². The molecule has 20 heavy (non-hydrogen) atoms. The number of ether oxygens (including phenoxy) is 1. The van der Waals surface area contributed by atoms with Crippen LogP contribution in [0.3, 0.4) is 0 Å². The van der Waals surface area contributed by atoms with Gasteiger partial charge in [-0.1, -0.05) is 11.6 Å². The van der Waals surface area contributed by atoms with E-state index in [9.17, 15) is 4.79 Å². The van der Waals surface area contributed by atoms with Crippen LogP contribution in [-0.2, 0) is 11.2 Å². The van der Waals surface area contributed by atoms with E-state index >= 15 is 0 Å². The summed E-state index contributed by atoms with van der Waals surface area (Å²) in [5.41, 5.74) is 1.17. The molecule has 1 heterocycles. The van der Waals surface area contributed by atoms with Crippen molar-refractivity contribution >= 4 is 23.3 Å². The number of anilines is 1. The van der Waals surface area contributed by atoms with Crippen LogP contribution >= 0.6 is 11.6 Å². The molecule has 4 nitrogen and oxygen atoms in total. The molecule has 106 valence electrons. The number of hydrogen-bond acceptors (Lipinski definition) is 4. The summed E-state index contributed by atoms with van der Waals surface area (Å²) < 4.78 is 10.0. The highest BCUT2D eigenvalue weighted by atomic mass is 35.5. The van der Waals surface area contributed by atoms with Gasteiger partial charge in [0.15, 0.2) is 0 Å². The van der Waals surface area contributed by atoms with Crippen LogP contribution in [0.2, 0.25) is 5.02 Å². The van der Waals surface area contributed by atoms with Crippen LogP contribution in [0.25, 0.3) is 0 Å². The average Bonchev–Trinajstić information content (AvgIpc) is 2.92. The van der Waals surface area contributed by atoms with Gasteiger partial charge in [0.1, 0.15) is 5.76 Å². The summed E-state index contributed by atoms with van der Waals surface area (Å²) in [4.78, 5) is 11.6. The van der Waals surface area contributed by atoms with Crippen LogP contribution < -0.4 is 5.32 Å². The average molecular weight is 294 g/mol. The molecule has 0 bridgehead atoms. The standard InChI is InChI=1S/C15H16ClNO3/c1-10(8-12-4-3-7-20-12)17-11-5-6-14(16)13(9-11)15(18)19-2/h3-7,9-10,17H,8H2,1-2H3. The van der Waals surface area contributed by atoms with Crippen LogP contribution in [0.5, 0.6) is 0 Å². The van der Waals surface area contributed by atoms with E-state index in [-0.39, 0.29) is 6.04 Å². The Labute approximate surface area is 122 Å². The fraction of sp³-hybridized carbons (Fsp3) is 0.267. The maximum atomic E-state index is 11.6. The van der Waals surface area contributed by atoms with Gasteiger partial charge in [-0.3, -0.25) is 0 Å². The smallest absolute Gasteiger partial charge is 0.339 e. The van der Waals surface area contributed by atoms with Crippen molar-refractivity contribution in [2.45, 2.75) is 19.4 Å². The van der Waals surface area contributed by atoms with E-state index in [1.807, 2.05) is 25.1 Å². The van der Waals surface area contributed by atoms with Crippen molar-refractivity contribution in [1.82, 2.24) is 0 Å². The highest BCUT2D eigenvalue weighted by Crippen LogP contribution is 2.22. The van der Waals surface area contributed by atoms with Gasteiger partial charge in [0.2, 0.25) is 0 Å². The Bertz CT molecular complexity index is 581. The summed E-state index contributed by atoms with van der Waals surface area (Å²) in [5, 5.41) is 3.68. The van der Waals surface area contributed by atoms with Crippen molar-refractivity contribution in [2.24, 2.45) is 0 Å². The highest BCUT2D eigenvalue weighted by Gasteiger charge is 2.12. The zero-order chi connectivity index (χ0) is 14.5. The first-order chi connectivity index (χ1) is 9.60. The number of furan rings is 1. The van der Waals surface area contributed by atoms with Gasteiger partial charge in [0.05, 0.1) is 24.0 Å². The summed E-state index contributed by atoms with van der Waals surface area (Å²) in [7, 11) is 1.33. The molecule has 0 aliphatic heterocycles. The van der Waals surface area contributed by atoms with Gasteiger partial charge < -0.3 is 14.5 Å². The second-order valence-corrected chi connectivity index (χ2v) is 4.92. The Morgan fingerprint density at radius 2 is 2.25 bits per heavy atom. The molecule has 1 aromatic heterocycles. The normalized spacial score (nSPS) is 11.9. The maximum Gasteiger partial charge on any atom is 0.339 e. The van der Waals surface area contributed by atoms with Crippen LogP contribution in [0.15, 0.2) is 41.0 Å². The lowest BCUT2D eigenvalue weighted by atomic mass is 10.1. The van der Waals surface area contributed by atoms with E-state index in [1.54, 1.807) is 18.4 Å². The lowest BCUT2D eigenvalue weighted by Crippen LogP contribution is -2.18. The summed E-state index contributed by atoms with van der Waals surface area (Å²) in [5.74, 6) is 0.462. The molecule has 0 spiro atoms. The molecule has 0 aliphatic carbocycles. The Hall–Kier alpha value is -1.94. The van der Waals surface area contributed by atoms with Crippen LogP contribution in [-0.4, -0.2) is 19.1 Å². The molecule has 5 heteroatoms. The highest BCUT2D eigenvalue weighted by molar-refractivity contribution is 6.33. The number of benzene rings is 1. The van der Waals surface area contributed by atoms with Crippen molar-refractivity contribution in [3.8, 4) is 0 Å². The van der Waals surface area contributed by atoms with Crippen LogP contribution in [0.1, 0.15) is 23.0 Å². The molecule has 2 rings (SSSR count). The number of rotatable bonds is 5. The molecule has 1 atom stereocenters. The van der Waals surface area contributed by atoms with Gasteiger partial charge in [0.25, 0.3) is 0 Å². The van der Waals surface area contributed by atoms with E-state index < -0.39 is 5.97 Å². The van der Waals surface area contributed by atoms with E-state index in [4.69, 9.17) is 20.8 Å². The van der Waals surface area contributed by atoms with E-state index in [0.717, 1.165) is 17.9 Å². The lowest BCUT2D eigenvalue weighted by molar-refractivity contribution is 0.0601. The molecule has 0 saturated carbocycles. The Balaban J connectivity index is 2.07. The van der Waals surface area contributed by atoms with Gasteiger partial charge in [-0.25, -0.2) is 4.79 Å². The minimum atomic E-state index is -0.447. The zero-order valence-corrected chi connectivity index (χ0v) is 12.1. The first-order valence-electron chi connectivity index (χ1n) is 6.27. The molecule has 1 unspecified atom stereocenters. The summed E-state index contributed by atoms with van der Waals surface area (Å²) in [6, 6.07) is 9.14. The summed E-state index contributed by atoms with van der Waals surface area (Å²) >= 11 is 5.98. The molecule has 0 amide bonds. The van der Waals surface area contributed by atoms with Gasteiger partial charge in [-0.15, -0.1) is 0 Å². The second-order valence-electron chi connectivity index (χ2n) is 4.52. The second kappa shape index (κ2) is 6.48. The Morgan fingerprint density at radius 1 is 1.45 bits per heavy atom. The number of methoxy groups -OCH3 is 1. The molecular formula is C15H16ClNO3. The SMILES string of the molecule is COC(=O)c1cc(NC(C)Cc2ccco2)ccc1Cl. The van der Waals surface area contributed by atoms with Crippen LogP contribution in [0.4, 0.5) is 5.69 Å². The number of nitrogens with one attached hydrogen (secondary N) is 1. The monoisotopic (exact) mass is 293 g/mol. The zero-order valence-electron chi connectivity index (χ0n) is 11.4. The third-order valence-electron chi connectivity index (χ3n) is 2.87. The first-order valence-corrected chi connectivity index (χ1v) is 6.64.